The smallest absolute Gasteiger partial charge is 0.275 e. The van der Waals surface area contributed by atoms with Crippen LogP contribution in [0.3, 0.4) is 0 Å². The first-order valence-electron chi connectivity index (χ1n) is 7.94. The Hall–Kier alpha value is -3.33. The van der Waals surface area contributed by atoms with E-state index in [-0.39, 0.29) is 22.5 Å². The van der Waals surface area contributed by atoms with Crippen LogP contribution in [0.4, 0.5) is 0 Å². The summed E-state index contributed by atoms with van der Waals surface area (Å²) in [5, 5.41) is 18.1. The van der Waals surface area contributed by atoms with Gasteiger partial charge in [-0.15, -0.1) is 11.3 Å². The second-order valence-electron chi connectivity index (χ2n) is 5.74. The first-order valence-corrected chi connectivity index (χ1v) is 8.76. The lowest BCUT2D eigenvalue weighted by Crippen LogP contribution is -2.32. The molecule has 0 aliphatic heterocycles. The number of hydrogen-bond acceptors (Lipinski definition) is 7. The molecule has 0 fully saturated rings. The number of aromatic carboxylic acids is 1. The maximum atomic E-state index is 12.5. The Balaban J connectivity index is 1.91. The summed E-state index contributed by atoms with van der Waals surface area (Å²) in [6.07, 6.45) is 0. The molecule has 2 aromatic heterocycles. The molecule has 3 rings (SSSR count). The van der Waals surface area contributed by atoms with Gasteiger partial charge in [0.1, 0.15) is 12.2 Å². The summed E-state index contributed by atoms with van der Waals surface area (Å²) in [5.74, 6) is -2.10. The average Bonchev–Trinajstić information content (AvgIpc) is 3.11. The van der Waals surface area contributed by atoms with Gasteiger partial charge in [0.05, 0.1) is 22.8 Å². The Morgan fingerprint density at radius 1 is 1.15 bits per heavy atom. The Labute approximate surface area is 157 Å². The van der Waals surface area contributed by atoms with Gasteiger partial charge in [-0.2, -0.15) is 5.10 Å². The highest BCUT2D eigenvalue weighted by Crippen LogP contribution is 2.18. The molecule has 138 valence electrons. The van der Waals surface area contributed by atoms with Gasteiger partial charge in [-0.05, 0) is 18.2 Å². The molecule has 0 unspecified atom stereocenters. The van der Waals surface area contributed by atoms with Crippen molar-refractivity contribution in [1.82, 2.24) is 15.1 Å². The Morgan fingerprint density at radius 2 is 1.85 bits per heavy atom. The van der Waals surface area contributed by atoms with Gasteiger partial charge in [0.25, 0.3) is 5.56 Å². The second kappa shape index (κ2) is 7.50. The number of carboxylic acid groups (broad SMARTS) is 1. The van der Waals surface area contributed by atoms with Crippen LogP contribution >= 0.6 is 11.3 Å². The lowest BCUT2D eigenvalue weighted by Gasteiger charge is -2.10. The van der Waals surface area contributed by atoms with Crippen molar-refractivity contribution in [2.45, 2.75) is 20.0 Å². The van der Waals surface area contributed by atoms with E-state index in [0.717, 1.165) is 9.56 Å². The molecule has 1 aromatic carbocycles. The maximum Gasteiger partial charge on any atom is 0.275 e. The molecular formula is C18H14N3O5S-. The Morgan fingerprint density at radius 3 is 2.52 bits per heavy atom. The molecule has 0 aliphatic carbocycles. The first-order chi connectivity index (χ1) is 12.9. The van der Waals surface area contributed by atoms with E-state index in [2.05, 4.69) is 10.4 Å². The van der Waals surface area contributed by atoms with E-state index in [0.29, 0.717) is 11.4 Å². The van der Waals surface area contributed by atoms with E-state index in [9.17, 15) is 24.3 Å². The SMILES string of the molecule is CC(=O)NCc1ccc(C(=O)Cn2nc(C(=O)[O-])c3ccccc3c2=O)s1. The molecule has 0 aliphatic rings. The number of fused-ring (bicyclic) bond motifs is 1. The third-order valence-corrected chi connectivity index (χ3v) is 4.93. The van der Waals surface area contributed by atoms with Gasteiger partial charge in [-0.25, -0.2) is 4.68 Å². The minimum atomic E-state index is -1.53. The summed E-state index contributed by atoms with van der Waals surface area (Å²) in [6.45, 7) is 1.30. The monoisotopic (exact) mass is 384 g/mol. The van der Waals surface area contributed by atoms with Crippen LogP contribution in [-0.2, 0) is 17.9 Å². The van der Waals surface area contributed by atoms with Gasteiger partial charge in [-0.3, -0.25) is 14.4 Å². The number of thiophene rings is 1. The summed E-state index contributed by atoms with van der Waals surface area (Å²) in [7, 11) is 0. The molecule has 3 aromatic rings. The van der Waals surface area contributed by atoms with E-state index < -0.39 is 23.8 Å². The molecule has 0 bridgehead atoms. The number of nitrogens with zero attached hydrogens (tertiary/aromatic N) is 2. The number of benzene rings is 1. The van der Waals surface area contributed by atoms with Gasteiger partial charge < -0.3 is 15.2 Å². The van der Waals surface area contributed by atoms with E-state index in [1.807, 2.05) is 0 Å². The normalized spacial score (nSPS) is 10.7. The summed E-state index contributed by atoms with van der Waals surface area (Å²) in [6, 6.07) is 9.43. The molecule has 9 heteroatoms. The molecule has 27 heavy (non-hydrogen) atoms. The highest BCUT2D eigenvalue weighted by atomic mass is 32.1. The van der Waals surface area contributed by atoms with Crippen molar-refractivity contribution in [2.75, 3.05) is 0 Å². The van der Waals surface area contributed by atoms with Gasteiger partial charge in [0, 0.05) is 17.2 Å². The fourth-order valence-electron chi connectivity index (χ4n) is 2.54. The summed E-state index contributed by atoms with van der Waals surface area (Å²) >= 11 is 1.19. The number of rotatable bonds is 6. The third-order valence-electron chi connectivity index (χ3n) is 3.80. The van der Waals surface area contributed by atoms with Crippen molar-refractivity contribution in [3.63, 3.8) is 0 Å². The van der Waals surface area contributed by atoms with E-state index in [1.54, 1.807) is 24.3 Å². The predicted molar refractivity (Wildman–Crippen MR) is 96.5 cm³/mol. The number of ketones is 1. The Kier molecular flexibility index (Phi) is 5.13. The maximum absolute atomic E-state index is 12.5. The summed E-state index contributed by atoms with van der Waals surface area (Å²) < 4.78 is 0.836. The van der Waals surface area contributed by atoms with Crippen molar-refractivity contribution in [3.8, 4) is 0 Å². The second-order valence-corrected chi connectivity index (χ2v) is 6.91. The number of nitrogens with one attached hydrogen (secondary N) is 1. The molecule has 0 saturated heterocycles. The van der Waals surface area contributed by atoms with Crippen molar-refractivity contribution in [3.05, 3.63) is 62.2 Å². The molecule has 0 saturated carbocycles. The van der Waals surface area contributed by atoms with Gasteiger partial charge in [0.15, 0.2) is 5.78 Å². The van der Waals surface area contributed by atoms with E-state index in [1.165, 1.54) is 30.4 Å². The minimum absolute atomic E-state index is 0.150. The zero-order chi connectivity index (χ0) is 19.6. The number of carbonyl (C=O) groups is 3. The van der Waals surface area contributed by atoms with E-state index in [4.69, 9.17) is 0 Å². The van der Waals surface area contributed by atoms with Crippen LogP contribution in [0.25, 0.3) is 10.8 Å². The van der Waals surface area contributed by atoms with Crippen molar-refractivity contribution in [2.24, 2.45) is 0 Å². The van der Waals surface area contributed by atoms with E-state index >= 15 is 0 Å². The molecule has 1 amide bonds. The zero-order valence-corrected chi connectivity index (χ0v) is 15.0. The highest BCUT2D eigenvalue weighted by molar-refractivity contribution is 7.14. The van der Waals surface area contributed by atoms with Crippen molar-refractivity contribution in [1.29, 1.82) is 0 Å². The fourth-order valence-corrected chi connectivity index (χ4v) is 3.42. The zero-order valence-electron chi connectivity index (χ0n) is 14.2. The van der Waals surface area contributed by atoms with Crippen LogP contribution < -0.4 is 16.0 Å². The van der Waals surface area contributed by atoms with Crippen LogP contribution in [0, 0.1) is 0 Å². The van der Waals surface area contributed by atoms with Crippen LogP contribution in [0.5, 0.6) is 0 Å². The first kappa shape index (κ1) is 18.5. The lowest BCUT2D eigenvalue weighted by atomic mass is 10.1. The third kappa shape index (κ3) is 3.93. The number of carboxylic acids is 1. The molecule has 8 nitrogen and oxygen atoms in total. The van der Waals surface area contributed by atoms with Crippen LogP contribution in [0.2, 0.25) is 0 Å². The number of amides is 1. The number of hydrogen-bond donors (Lipinski definition) is 1. The molecule has 0 radical (unpaired) electrons. The molecule has 0 atom stereocenters. The molecule has 2 heterocycles. The van der Waals surface area contributed by atoms with Crippen LogP contribution in [0.1, 0.15) is 32.0 Å². The van der Waals surface area contributed by atoms with Crippen LogP contribution in [0.15, 0.2) is 41.2 Å². The lowest BCUT2D eigenvalue weighted by molar-refractivity contribution is -0.255. The average molecular weight is 384 g/mol. The predicted octanol–water partition coefficient (Wildman–Crippen LogP) is 0.340. The van der Waals surface area contributed by atoms with Crippen molar-refractivity contribution >= 4 is 39.8 Å². The summed E-state index contributed by atoms with van der Waals surface area (Å²) in [4.78, 5) is 48.5. The van der Waals surface area contributed by atoms with Gasteiger partial charge in [-0.1, -0.05) is 18.2 Å². The molecule has 1 N–H and O–H groups in total. The topological polar surface area (TPSA) is 121 Å². The standard InChI is InChI=1S/C18H15N3O5S/c1-10(22)19-8-11-6-7-15(27-11)14(23)9-21-17(24)13-5-3-2-4-12(13)16(20-21)18(25)26/h2-7H,8-9H2,1H3,(H,19,22)(H,25,26)/p-1. The highest BCUT2D eigenvalue weighted by Gasteiger charge is 2.16. The largest absolute Gasteiger partial charge is 0.543 e. The van der Waals surface area contributed by atoms with Crippen LogP contribution in [-0.4, -0.2) is 27.4 Å². The number of Topliss-reactive ketones (excluding diaryl/α,β-unsaturated/α-hetero) is 1. The van der Waals surface area contributed by atoms with Crippen molar-refractivity contribution < 1.29 is 19.5 Å². The van der Waals surface area contributed by atoms with Gasteiger partial charge >= 0.3 is 0 Å². The molecular weight excluding hydrogens is 370 g/mol. The fraction of sp³-hybridized carbons (Fsp3) is 0.167. The molecule has 0 spiro atoms. The minimum Gasteiger partial charge on any atom is -0.543 e. The number of aromatic nitrogens is 2. The van der Waals surface area contributed by atoms with Gasteiger partial charge in [0.2, 0.25) is 5.91 Å². The summed E-state index contributed by atoms with van der Waals surface area (Å²) in [5.41, 5.74) is -0.950. The quantitative estimate of drug-likeness (QED) is 0.612. The number of carbonyl (C=O) groups excluding carboxylic acids is 3. The Bertz CT molecular complexity index is 1120.